The molecule has 1 aromatic heterocycles. The Balaban J connectivity index is 2.07. The molecule has 1 aromatic carbocycles. The molecule has 0 amide bonds. The van der Waals surface area contributed by atoms with E-state index in [9.17, 15) is 4.39 Å². The number of nitrogens with zero attached hydrogens (tertiary/aromatic N) is 2. The second-order valence-electron chi connectivity index (χ2n) is 4.89. The lowest BCUT2D eigenvalue weighted by Gasteiger charge is -2.10. The Morgan fingerprint density at radius 3 is 2.52 bits per heavy atom. The highest BCUT2D eigenvalue weighted by molar-refractivity contribution is 7.98. The zero-order chi connectivity index (χ0) is 15.2. The molecule has 0 aliphatic carbocycles. The molecule has 2 rings (SSSR count). The molecule has 0 spiro atoms. The smallest absolute Gasteiger partial charge is 0.139 e. The van der Waals surface area contributed by atoms with Gasteiger partial charge in [0.2, 0.25) is 0 Å². The van der Waals surface area contributed by atoms with E-state index in [1.165, 1.54) is 17.7 Å². The second-order valence-corrected chi connectivity index (χ2v) is 5.94. The monoisotopic (exact) mass is 305 g/mol. The Morgan fingerprint density at radius 1 is 1.19 bits per heavy atom. The number of halogens is 1. The van der Waals surface area contributed by atoms with Crippen molar-refractivity contribution < 1.29 is 4.39 Å². The Bertz CT molecular complexity index is 593. The van der Waals surface area contributed by atoms with Crippen molar-refractivity contribution in [3.63, 3.8) is 0 Å². The fourth-order valence-electron chi connectivity index (χ4n) is 2.19. The summed E-state index contributed by atoms with van der Waals surface area (Å²) < 4.78 is 13.1. The first-order chi connectivity index (χ1) is 10.1. The van der Waals surface area contributed by atoms with Crippen LogP contribution in [0, 0.1) is 19.7 Å². The summed E-state index contributed by atoms with van der Waals surface area (Å²) in [5.74, 6) is 1.24. The van der Waals surface area contributed by atoms with Crippen LogP contribution in [0.25, 0.3) is 0 Å². The van der Waals surface area contributed by atoms with Gasteiger partial charge in [-0.25, -0.2) is 14.4 Å². The van der Waals surface area contributed by atoms with Gasteiger partial charge in [-0.2, -0.15) is 0 Å². The van der Waals surface area contributed by atoms with Gasteiger partial charge in [-0.1, -0.05) is 6.07 Å². The van der Waals surface area contributed by atoms with Crippen molar-refractivity contribution in [1.82, 2.24) is 15.3 Å². The van der Waals surface area contributed by atoms with Gasteiger partial charge < -0.3 is 5.32 Å². The molecular formula is C16H20FN3S. The van der Waals surface area contributed by atoms with Crippen LogP contribution >= 0.6 is 11.8 Å². The lowest BCUT2D eigenvalue weighted by atomic mass is 10.1. The van der Waals surface area contributed by atoms with Crippen LogP contribution in [-0.2, 0) is 12.2 Å². The topological polar surface area (TPSA) is 37.8 Å². The molecular weight excluding hydrogens is 285 g/mol. The lowest BCUT2D eigenvalue weighted by Crippen LogP contribution is -2.14. The van der Waals surface area contributed by atoms with Crippen LogP contribution in [0.5, 0.6) is 0 Å². The Labute approximate surface area is 129 Å². The van der Waals surface area contributed by atoms with Crippen LogP contribution in [0.4, 0.5) is 4.39 Å². The van der Waals surface area contributed by atoms with Crippen molar-refractivity contribution in [2.24, 2.45) is 0 Å². The molecule has 3 nitrogen and oxygen atoms in total. The van der Waals surface area contributed by atoms with Crippen LogP contribution in [-0.4, -0.2) is 23.6 Å². The largest absolute Gasteiger partial charge is 0.319 e. The van der Waals surface area contributed by atoms with E-state index in [0.717, 1.165) is 35.1 Å². The van der Waals surface area contributed by atoms with E-state index < -0.39 is 0 Å². The SMILES string of the molecule is CNCCc1c(C)nc(CSc2cccc(F)c2)nc1C. The van der Waals surface area contributed by atoms with E-state index in [4.69, 9.17) is 0 Å². The van der Waals surface area contributed by atoms with E-state index in [2.05, 4.69) is 15.3 Å². The summed E-state index contributed by atoms with van der Waals surface area (Å²) in [7, 11) is 1.94. The van der Waals surface area contributed by atoms with Crippen LogP contribution in [0.2, 0.25) is 0 Å². The minimum atomic E-state index is -0.212. The fraction of sp³-hybridized carbons (Fsp3) is 0.375. The minimum absolute atomic E-state index is 0.212. The van der Waals surface area contributed by atoms with Gasteiger partial charge in [-0.3, -0.25) is 0 Å². The number of aromatic nitrogens is 2. The lowest BCUT2D eigenvalue weighted by molar-refractivity contribution is 0.624. The molecule has 1 N–H and O–H groups in total. The molecule has 21 heavy (non-hydrogen) atoms. The zero-order valence-corrected chi connectivity index (χ0v) is 13.4. The van der Waals surface area contributed by atoms with Crippen molar-refractivity contribution in [1.29, 1.82) is 0 Å². The molecule has 0 aliphatic rings. The van der Waals surface area contributed by atoms with Crippen molar-refractivity contribution in [2.45, 2.75) is 30.9 Å². The van der Waals surface area contributed by atoms with Gasteiger partial charge in [0.15, 0.2) is 0 Å². The molecule has 0 unspecified atom stereocenters. The molecule has 5 heteroatoms. The first kappa shape index (κ1) is 15.9. The molecule has 0 bridgehead atoms. The van der Waals surface area contributed by atoms with Gasteiger partial charge in [0.25, 0.3) is 0 Å². The summed E-state index contributed by atoms with van der Waals surface area (Å²) in [6, 6.07) is 6.60. The number of benzene rings is 1. The zero-order valence-electron chi connectivity index (χ0n) is 12.6. The van der Waals surface area contributed by atoms with Crippen molar-refractivity contribution >= 4 is 11.8 Å². The van der Waals surface area contributed by atoms with Gasteiger partial charge in [-0.05, 0) is 57.6 Å². The number of hydrogen-bond donors (Lipinski definition) is 1. The molecule has 2 aromatic rings. The summed E-state index contributed by atoms with van der Waals surface area (Å²) in [5.41, 5.74) is 3.28. The first-order valence-corrected chi connectivity index (χ1v) is 7.94. The van der Waals surface area contributed by atoms with Crippen molar-refractivity contribution in [2.75, 3.05) is 13.6 Å². The molecule has 1 heterocycles. The molecule has 0 aliphatic heterocycles. The van der Waals surface area contributed by atoms with Crippen LogP contribution in [0.3, 0.4) is 0 Å². The van der Waals surface area contributed by atoms with E-state index in [1.807, 2.05) is 27.0 Å². The van der Waals surface area contributed by atoms with Gasteiger partial charge in [0, 0.05) is 16.3 Å². The third kappa shape index (κ3) is 4.51. The maximum absolute atomic E-state index is 13.1. The summed E-state index contributed by atoms with van der Waals surface area (Å²) in [6.07, 6.45) is 0.936. The molecule has 0 atom stereocenters. The third-order valence-electron chi connectivity index (χ3n) is 3.26. The average molecular weight is 305 g/mol. The van der Waals surface area contributed by atoms with Crippen LogP contribution < -0.4 is 5.32 Å². The number of hydrogen-bond acceptors (Lipinski definition) is 4. The number of thioether (sulfide) groups is 1. The highest BCUT2D eigenvalue weighted by Crippen LogP contribution is 2.22. The molecule has 0 fully saturated rings. The Kier molecular flexibility index (Phi) is 5.70. The fourth-order valence-corrected chi connectivity index (χ4v) is 2.99. The van der Waals surface area contributed by atoms with Crippen LogP contribution in [0.1, 0.15) is 22.8 Å². The average Bonchev–Trinajstić information content (AvgIpc) is 2.44. The summed E-state index contributed by atoms with van der Waals surface area (Å²) in [5, 5.41) is 3.14. The third-order valence-corrected chi connectivity index (χ3v) is 4.25. The van der Waals surface area contributed by atoms with E-state index in [-0.39, 0.29) is 5.82 Å². The summed E-state index contributed by atoms with van der Waals surface area (Å²) in [6.45, 7) is 4.97. The maximum atomic E-state index is 13.1. The normalized spacial score (nSPS) is 10.9. The molecule has 0 saturated heterocycles. The predicted octanol–water partition coefficient (Wildman–Crippen LogP) is 3.29. The highest BCUT2D eigenvalue weighted by Gasteiger charge is 2.08. The van der Waals surface area contributed by atoms with Gasteiger partial charge >= 0.3 is 0 Å². The van der Waals surface area contributed by atoms with Crippen LogP contribution in [0.15, 0.2) is 29.2 Å². The number of likely N-dealkylation sites (N-methyl/N-ethyl adjacent to an activating group) is 1. The van der Waals surface area contributed by atoms with Gasteiger partial charge in [-0.15, -0.1) is 11.8 Å². The Hall–Kier alpha value is -1.46. The molecule has 0 saturated carbocycles. The number of rotatable bonds is 6. The van der Waals surface area contributed by atoms with Crippen molar-refractivity contribution in [3.8, 4) is 0 Å². The second kappa shape index (κ2) is 7.52. The summed E-state index contributed by atoms with van der Waals surface area (Å²) >= 11 is 1.55. The van der Waals surface area contributed by atoms with E-state index in [0.29, 0.717) is 5.75 Å². The highest BCUT2D eigenvalue weighted by atomic mass is 32.2. The predicted molar refractivity (Wildman–Crippen MR) is 85.1 cm³/mol. The number of aryl methyl sites for hydroxylation is 2. The number of nitrogens with one attached hydrogen (secondary N) is 1. The summed E-state index contributed by atoms with van der Waals surface area (Å²) in [4.78, 5) is 10.0. The minimum Gasteiger partial charge on any atom is -0.319 e. The maximum Gasteiger partial charge on any atom is 0.139 e. The van der Waals surface area contributed by atoms with Gasteiger partial charge in [0.1, 0.15) is 11.6 Å². The molecule has 0 radical (unpaired) electrons. The van der Waals surface area contributed by atoms with Crippen molar-refractivity contribution in [3.05, 3.63) is 52.9 Å². The van der Waals surface area contributed by atoms with Gasteiger partial charge in [0.05, 0.1) is 5.75 Å². The quantitative estimate of drug-likeness (QED) is 0.831. The van der Waals surface area contributed by atoms with E-state index >= 15 is 0 Å². The Morgan fingerprint density at radius 2 is 1.90 bits per heavy atom. The first-order valence-electron chi connectivity index (χ1n) is 6.96. The van der Waals surface area contributed by atoms with E-state index in [1.54, 1.807) is 17.8 Å². The standard InChI is InChI=1S/C16H20FN3S/c1-11-15(7-8-18-3)12(2)20-16(19-11)10-21-14-6-4-5-13(17)9-14/h4-6,9,18H,7-8,10H2,1-3H3. The molecule has 112 valence electrons.